The number of carboxylic acid groups (broad SMARTS) is 1. The van der Waals surface area contributed by atoms with Gasteiger partial charge < -0.3 is 10.2 Å². The lowest BCUT2D eigenvalue weighted by Gasteiger charge is -2.19. The van der Waals surface area contributed by atoms with Crippen molar-refractivity contribution in [2.45, 2.75) is 77.0 Å². The lowest BCUT2D eigenvalue weighted by Crippen LogP contribution is -2.06. The minimum Gasteiger partial charge on any atom is -0.508 e. The fraction of sp³-hybridized carbons (Fsp3) is 0.464. The molecule has 0 spiro atoms. The Labute approximate surface area is 186 Å². The molecule has 3 rings (SSSR count). The molecule has 1 saturated carbocycles. The molecule has 0 aromatic heterocycles. The van der Waals surface area contributed by atoms with Crippen LogP contribution in [-0.4, -0.2) is 16.2 Å². The standard InChI is InChI=1S/C28H36O3/c29-27-18-17-25(24-15-12-22(13-16-24)14-19-28(30)31)21-26(27)20-23-10-8-6-4-2-1-3-5-7-9-11-23/h12-19,21,23,29H,1-11,20H2,(H,30,31)/b19-14+. The number of carboxylic acids is 1. The predicted molar refractivity (Wildman–Crippen MR) is 128 cm³/mol. The third-order valence-electron chi connectivity index (χ3n) is 6.48. The Balaban J connectivity index is 1.69. The van der Waals surface area contributed by atoms with Gasteiger partial charge in [-0.15, -0.1) is 0 Å². The number of carbonyl (C=O) groups is 1. The Morgan fingerprint density at radius 2 is 1.35 bits per heavy atom. The highest BCUT2D eigenvalue weighted by Gasteiger charge is 2.14. The largest absolute Gasteiger partial charge is 0.508 e. The van der Waals surface area contributed by atoms with Gasteiger partial charge >= 0.3 is 5.97 Å². The predicted octanol–water partition coefficient (Wildman–Crippen LogP) is 7.62. The summed E-state index contributed by atoms with van der Waals surface area (Å²) in [5.74, 6) is 0.0963. The second kappa shape index (κ2) is 12.3. The average Bonchev–Trinajstić information content (AvgIpc) is 2.76. The summed E-state index contributed by atoms with van der Waals surface area (Å²) >= 11 is 0. The van der Waals surface area contributed by atoms with Gasteiger partial charge in [0.1, 0.15) is 5.75 Å². The van der Waals surface area contributed by atoms with Gasteiger partial charge in [-0.1, -0.05) is 101 Å². The van der Waals surface area contributed by atoms with Crippen molar-refractivity contribution in [3.8, 4) is 16.9 Å². The number of hydrogen-bond donors (Lipinski definition) is 2. The number of phenolic OH excluding ortho intramolecular Hbond substituents is 1. The molecule has 0 atom stereocenters. The zero-order chi connectivity index (χ0) is 21.9. The van der Waals surface area contributed by atoms with Crippen LogP contribution in [0, 0.1) is 5.92 Å². The molecule has 0 aliphatic heterocycles. The van der Waals surface area contributed by atoms with E-state index in [1.165, 1.54) is 70.6 Å². The van der Waals surface area contributed by atoms with E-state index in [-0.39, 0.29) is 0 Å². The molecule has 31 heavy (non-hydrogen) atoms. The quantitative estimate of drug-likeness (QED) is 0.489. The van der Waals surface area contributed by atoms with E-state index >= 15 is 0 Å². The van der Waals surface area contributed by atoms with Crippen LogP contribution >= 0.6 is 0 Å². The fourth-order valence-corrected chi connectivity index (χ4v) is 4.65. The number of aromatic hydroxyl groups is 1. The molecule has 166 valence electrons. The second-order valence-electron chi connectivity index (χ2n) is 8.97. The number of phenols is 1. The summed E-state index contributed by atoms with van der Waals surface area (Å²) < 4.78 is 0. The average molecular weight is 421 g/mol. The van der Waals surface area contributed by atoms with Crippen LogP contribution in [0.4, 0.5) is 0 Å². The molecule has 2 N–H and O–H groups in total. The summed E-state index contributed by atoms with van der Waals surface area (Å²) in [7, 11) is 0. The summed E-state index contributed by atoms with van der Waals surface area (Å²) in [6, 6.07) is 13.8. The van der Waals surface area contributed by atoms with Crippen LogP contribution in [0.1, 0.15) is 81.8 Å². The summed E-state index contributed by atoms with van der Waals surface area (Å²) in [5, 5.41) is 19.3. The highest BCUT2D eigenvalue weighted by Crippen LogP contribution is 2.31. The number of rotatable bonds is 5. The third kappa shape index (κ3) is 7.90. The lowest BCUT2D eigenvalue weighted by molar-refractivity contribution is -0.131. The molecule has 3 nitrogen and oxygen atoms in total. The monoisotopic (exact) mass is 420 g/mol. The first-order chi connectivity index (χ1) is 15.1. The first-order valence-corrected chi connectivity index (χ1v) is 11.9. The molecular formula is C28H36O3. The smallest absolute Gasteiger partial charge is 0.328 e. The van der Waals surface area contributed by atoms with E-state index in [9.17, 15) is 9.90 Å². The maximum Gasteiger partial charge on any atom is 0.328 e. The molecule has 1 aliphatic rings. The first kappa shape index (κ1) is 23.1. The van der Waals surface area contributed by atoms with Crippen molar-refractivity contribution in [3.63, 3.8) is 0 Å². The Bertz CT molecular complexity index is 839. The fourth-order valence-electron chi connectivity index (χ4n) is 4.65. The van der Waals surface area contributed by atoms with Crippen LogP contribution in [0.2, 0.25) is 0 Å². The minimum atomic E-state index is -0.945. The van der Waals surface area contributed by atoms with Gasteiger partial charge in [-0.05, 0) is 52.8 Å². The molecule has 2 aromatic rings. The van der Waals surface area contributed by atoms with Gasteiger partial charge in [-0.2, -0.15) is 0 Å². The van der Waals surface area contributed by atoms with Crippen molar-refractivity contribution >= 4 is 12.0 Å². The van der Waals surface area contributed by atoms with Crippen molar-refractivity contribution in [1.82, 2.24) is 0 Å². The summed E-state index contributed by atoms with van der Waals surface area (Å²) in [4.78, 5) is 10.7. The van der Waals surface area contributed by atoms with Crippen LogP contribution < -0.4 is 0 Å². The van der Waals surface area contributed by atoms with Gasteiger partial charge in [0.05, 0.1) is 0 Å². The van der Waals surface area contributed by atoms with Crippen molar-refractivity contribution in [2.75, 3.05) is 0 Å². The summed E-state index contributed by atoms with van der Waals surface area (Å²) in [6.45, 7) is 0. The third-order valence-corrected chi connectivity index (χ3v) is 6.48. The molecule has 1 aliphatic carbocycles. The van der Waals surface area contributed by atoms with Gasteiger partial charge in [0.2, 0.25) is 0 Å². The number of hydrogen-bond acceptors (Lipinski definition) is 2. The summed E-state index contributed by atoms with van der Waals surface area (Å²) in [6.07, 6.45) is 18.4. The molecule has 0 heterocycles. The van der Waals surface area contributed by atoms with E-state index in [1.807, 2.05) is 36.4 Å². The van der Waals surface area contributed by atoms with Crippen molar-refractivity contribution in [1.29, 1.82) is 0 Å². The van der Waals surface area contributed by atoms with Crippen LogP contribution in [0.15, 0.2) is 48.5 Å². The Hall–Kier alpha value is -2.55. The molecule has 0 radical (unpaired) electrons. The van der Waals surface area contributed by atoms with Gasteiger partial charge in [0.15, 0.2) is 0 Å². The van der Waals surface area contributed by atoms with Gasteiger partial charge in [0, 0.05) is 6.08 Å². The molecule has 3 heteroatoms. The van der Waals surface area contributed by atoms with Gasteiger partial charge in [-0.3, -0.25) is 0 Å². The highest BCUT2D eigenvalue weighted by molar-refractivity contribution is 5.85. The SMILES string of the molecule is O=C(O)/C=C/c1ccc(-c2ccc(O)c(CC3CCCCCCCCCCC3)c2)cc1. The zero-order valence-corrected chi connectivity index (χ0v) is 18.6. The molecular weight excluding hydrogens is 384 g/mol. The maximum absolute atomic E-state index is 10.7. The second-order valence-corrected chi connectivity index (χ2v) is 8.97. The normalized spacial score (nSPS) is 17.2. The Morgan fingerprint density at radius 1 is 0.806 bits per heavy atom. The zero-order valence-electron chi connectivity index (χ0n) is 18.6. The van der Waals surface area contributed by atoms with E-state index in [1.54, 1.807) is 6.08 Å². The van der Waals surface area contributed by atoms with E-state index < -0.39 is 5.97 Å². The van der Waals surface area contributed by atoms with Crippen molar-refractivity contribution in [2.24, 2.45) is 5.92 Å². The van der Waals surface area contributed by atoms with Crippen molar-refractivity contribution < 1.29 is 15.0 Å². The van der Waals surface area contributed by atoms with Crippen LogP contribution in [0.25, 0.3) is 17.2 Å². The Kier molecular flexibility index (Phi) is 9.20. The van der Waals surface area contributed by atoms with Crippen LogP contribution in [-0.2, 0) is 11.2 Å². The van der Waals surface area contributed by atoms with Crippen LogP contribution in [0.5, 0.6) is 5.75 Å². The molecule has 2 aromatic carbocycles. The minimum absolute atomic E-state index is 0.399. The van der Waals surface area contributed by atoms with E-state index in [0.29, 0.717) is 11.7 Å². The maximum atomic E-state index is 10.7. The molecule has 1 fully saturated rings. The molecule has 0 amide bonds. The summed E-state index contributed by atoms with van der Waals surface area (Å²) in [5.41, 5.74) is 4.07. The Morgan fingerprint density at radius 3 is 1.94 bits per heavy atom. The van der Waals surface area contributed by atoms with E-state index in [4.69, 9.17) is 5.11 Å². The van der Waals surface area contributed by atoms with Crippen LogP contribution in [0.3, 0.4) is 0 Å². The van der Waals surface area contributed by atoms with E-state index in [0.717, 1.165) is 34.8 Å². The molecule has 0 unspecified atom stereocenters. The highest BCUT2D eigenvalue weighted by atomic mass is 16.4. The number of benzene rings is 2. The number of aliphatic carboxylic acids is 1. The molecule has 0 bridgehead atoms. The van der Waals surface area contributed by atoms with Crippen molar-refractivity contribution in [3.05, 3.63) is 59.7 Å². The van der Waals surface area contributed by atoms with E-state index in [2.05, 4.69) is 6.07 Å². The molecule has 0 saturated heterocycles. The lowest BCUT2D eigenvalue weighted by atomic mass is 9.87. The first-order valence-electron chi connectivity index (χ1n) is 11.9. The topological polar surface area (TPSA) is 57.5 Å². The van der Waals surface area contributed by atoms with Gasteiger partial charge in [-0.25, -0.2) is 4.79 Å². The van der Waals surface area contributed by atoms with Gasteiger partial charge in [0.25, 0.3) is 0 Å².